The number of ketones is 2. The van der Waals surface area contributed by atoms with E-state index in [9.17, 15) is 32.3 Å². The molecule has 2 N–H and O–H groups in total. The van der Waals surface area contributed by atoms with Crippen LogP contribution < -0.4 is 30.8 Å². The van der Waals surface area contributed by atoms with Crippen molar-refractivity contribution in [2.24, 2.45) is 13.0 Å². The molecule has 3 atom stereocenters. The molecule has 3 unspecified atom stereocenters. The van der Waals surface area contributed by atoms with E-state index in [2.05, 4.69) is 10.3 Å². The lowest BCUT2D eigenvalue weighted by molar-refractivity contribution is -0.130. The monoisotopic (exact) mass is 603 g/mol. The van der Waals surface area contributed by atoms with Gasteiger partial charge in [-0.05, 0) is 24.1 Å². The van der Waals surface area contributed by atoms with Crippen LogP contribution in [0, 0.1) is 23.4 Å². The minimum atomic E-state index is -2.22. The van der Waals surface area contributed by atoms with Crippen LogP contribution in [0.4, 0.5) is 19.0 Å². The number of hydrogen-bond acceptors (Lipinski definition) is 8. The maximum Gasteiger partial charge on any atom is 0.329 e. The Labute approximate surface area is 239 Å². The second kappa shape index (κ2) is 9.24. The quantitative estimate of drug-likeness (QED) is 0.343. The van der Waals surface area contributed by atoms with E-state index in [0.29, 0.717) is 12.1 Å². The zero-order valence-electron chi connectivity index (χ0n) is 22.4. The Morgan fingerprint density at radius 3 is 2.29 bits per heavy atom. The van der Waals surface area contributed by atoms with Gasteiger partial charge >= 0.3 is 5.69 Å². The number of H-pyrrole nitrogens is 1. The van der Waals surface area contributed by atoms with Gasteiger partial charge in [0, 0.05) is 36.2 Å². The number of anilines is 1. The molecule has 1 aromatic heterocycles. The molecular weight excluding hydrogens is 583 g/mol. The van der Waals surface area contributed by atoms with Crippen LogP contribution in [-0.4, -0.2) is 40.9 Å². The van der Waals surface area contributed by atoms with Crippen LogP contribution in [-0.2, 0) is 11.8 Å². The second-order valence-electron chi connectivity index (χ2n) is 10.2. The van der Waals surface area contributed by atoms with E-state index < -0.39 is 57.7 Å². The summed E-state index contributed by atoms with van der Waals surface area (Å²) in [5.41, 5.74) is -4.66. The van der Waals surface area contributed by atoms with Gasteiger partial charge in [-0.2, -0.15) is 0 Å². The molecule has 0 fully saturated rings. The largest absolute Gasteiger partial charge is 0.496 e. The lowest BCUT2D eigenvalue weighted by Crippen LogP contribution is -2.58. The Hall–Kier alpha value is -4.52. The predicted octanol–water partition coefficient (Wildman–Crippen LogP) is 3.60. The van der Waals surface area contributed by atoms with Crippen LogP contribution >= 0.6 is 11.6 Å². The first-order valence-electron chi connectivity index (χ1n) is 12.6. The Balaban J connectivity index is 1.62. The highest BCUT2D eigenvalue weighted by molar-refractivity contribution is 6.36. The van der Waals surface area contributed by atoms with E-state index in [4.69, 9.17) is 25.8 Å². The molecule has 0 amide bonds. The smallest absolute Gasteiger partial charge is 0.329 e. The summed E-state index contributed by atoms with van der Waals surface area (Å²) < 4.78 is 60.9. The lowest BCUT2D eigenvalue weighted by atomic mass is 9.66. The number of aromatic amines is 1. The number of nitrogens with one attached hydrogen (secondary N) is 2. The van der Waals surface area contributed by atoms with Crippen molar-refractivity contribution in [3.8, 4) is 17.2 Å². The average Bonchev–Trinajstić information content (AvgIpc) is 3.27. The first kappa shape index (κ1) is 27.6. The lowest BCUT2D eigenvalue weighted by Gasteiger charge is -2.42. The zero-order chi connectivity index (χ0) is 30.4. The molecule has 0 saturated heterocycles. The molecule has 0 radical (unpaired) electrons. The van der Waals surface area contributed by atoms with Crippen molar-refractivity contribution in [1.82, 2.24) is 9.55 Å². The van der Waals surface area contributed by atoms with Gasteiger partial charge in [-0.1, -0.05) is 18.5 Å². The van der Waals surface area contributed by atoms with E-state index in [1.807, 2.05) is 0 Å². The van der Waals surface area contributed by atoms with Gasteiger partial charge in [0.25, 0.3) is 5.56 Å². The van der Waals surface area contributed by atoms with Crippen molar-refractivity contribution in [3.05, 3.63) is 89.5 Å². The van der Waals surface area contributed by atoms with Crippen molar-refractivity contribution in [3.63, 3.8) is 0 Å². The van der Waals surface area contributed by atoms with Crippen molar-refractivity contribution in [1.29, 1.82) is 0 Å². The average molecular weight is 604 g/mol. The summed E-state index contributed by atoms with van der Waals surface area (Å²) in [6.45, 7) is 1.59. The highest BCUT2D eigenvalue weighted by atomic mass is 35.5. The topological polar surface area (TPSA) is 129 Å². The fourth-order valence-corrected chi connectivity index (χ4v) is 6.30. The summed E-state index contributed by atoms with van der Waals surface area (Å²) in [6, 6.07) is 2.68. The van der Waals surface area contributed by atoms with Crippen LogP contribution in [0.25, 0.3) is 0 Å². The maximum atomic E-state index is 14.6. The molecule has 1 spiro atoms. The molecule has 2 aliphatic heterocycles. The second-order valence-corrected chi connectivity index (χ2v) is 10.6. The maximum absolute atomic E-state index is 14.6. The molecule has 6 rings (SSSR count). The number of ether oxygens (including phenoxy) is 3. The number of fused-ring (bicyclic) bond motifs is 2. The standard InChI is InChI=1S/C28H21ClF3N3O7/c1-9-5-13-17(23(36)28(9)24(37)18-14(40-3)8-15(41-4)20(29)22(18)42-28)16(10-6-11(30)21(32)12(31)7-10)19-25(33-13)35(2)27(39)34-26(19)38/h6-9,16,33H,5H2,1-4H3,(H,34,38,39). The molecule has 0 saturated carbocycles. The molecule has 10 nitrogen and oxygen atoms in total. The molecule has 14 heteroatoms. The minimum Gasteiger partial charge on any atom is -0.496 e. The van der Waals surface area contributed by atoms with Gasteiger partial charge in [-0.25, -0.2) is 18.0 Å². The van der Waals surface area contributed by atoms with E-state index in [1.54, 1.807) is 6.92 Å². The van der Waals surface area contributed by atoms with Gasteiger partial charge in [-0.3, -0.25) is 23.9 Å². The van der Waals surface area contributed by atoms with E-state index >= 15 is 0 Å². The molecule has 0 bridgehead atoms. The number of halogens is 4. The van der Waals surface area contributed by atoms with Crippen LogP contribution in [0.1, 0.15) is 40.7 Å². The number of carbonyl (C=O) groups is 2. The Kier molecular flexibility index (Phi) is 6.08. The van der Waals surface area contributed by atoms with E-state index in [0.717, 1.165) is 4.57 Å². The Bertz CT molecular complexity index is 1890. The normalized spacial score (nSPS) is 22.4. The number of carbonyl (C=O) groups excluding carboxylic acids is 2. The molecule has 3 heterocycles. The summed E-state index contributed by atoms with van der Waals surface area (Å²) in [5, 5.41) is 2.86. The van der Waals surface area contributed by atoms with Gasteiger partial charge in [0.2, 0.25) is 17.2 Å². The Morgan fingerprint density at radius 1 is 1.02 bits per heavy atom. The first-order chi connectivity index (χ1) is 19.9. The molecule has 42 heavy (non-hydrogen) atoms. The minimum absolute atomic E-state index is 0.0330. The van der Waals surface area contributed by atoms with Crippen molar-refractivity contribution >= 4 is 29.0 Å². The number of methoxy groups -OCH3 is 2. The molecule has 2 aromatic carbocycles. The van der Waals surface area contributed by atoms with E-state index in [-0.39, 0.29) is 62.5 Å². The number of aromatic nitrogens is 2. The number of allylic oxidation sites excluding steroid dienone is 1. The molecule has 3 aromatic rings. The Morgan fingerprint density at radius 2 is 1.67 bits per heavy atom. The van der Waals surface area contributed by atoms with Crippen molar-refractivity contribution in [2.75, 3.05) is 19.5 Å². The SMILES string of the molecule is COc1cc(OC)c2c(c1Cl)OC1(C(=O)C3=C(CC1C)Nc1c(c(=O)[nH]c(=O)n1C)C3c1cc(F)c(F)c(F)c1)C2=O. The van der Waals surface area contributed by atoms with Gasteiger partial charge in [0.1, 0.15) is 27.9 Å². The fraction of sp³-hybridized carbons (Fsp3) is 0.286. The summed E-state index contributed by atoms with van der Waals surface area (Å²) in [7, 11) is 3.99. The van der Waals surface area contributed by atoms with Crippen LogP contribution in [0.5, 0.6) is 17.2 Å². The highest BCUT2D eigenvalue weighted by Crippen LogP contribution is 2.56. The van der Waals surface area contributed by atoms with Crippen LogP contribution in [0.2, 0.25) is 5.02 Å². The number of Topliss-reactive ketones (excluding diaryl/α,β-unsaturated/α-hetero) is 2. The summed E-state index contributed by atoms with van der Waals surface area (Å²) in [6.07, 6.45) is -0.0407. The molecular formula is C28H21ClF3N3O7. The summed E-state index contributed by atoms with van der Waals surface area (Å²) in [5.74, 6) is -9.01. The number of nitrogens with zero attached hydrogens (tertiary/aromatic N) is 1. The molecule has 1 aliphatic carbocycles. The van der Waals surface area contributed by atoms with Crippen molar-refractivity contribution < 1.29 is 37.0 Å². The highest BCUT2D eigenvalue weighted by Gasteiger charge is 2.63. The molecule has 3 aliphatic rings. The number of benzene rings is 2. The van der Waals surface area contributed by atoms with Gasteiger partial charge < -0.3 is 19.5 Å². The van der Waals surface area contributed by atoms with Crippen LogP contribution in [0.15, 0.2) is 39.1 Å². The van der Waals surface area contributed by atoms with Gasteiger partial charge in [-0.15, -0.1) is 0 Å². The van der Waals surface area contributed by atoms with Crippen molar-refractivity contribution in [2.45, 2.75) is 24.9 Å². The van der Waals surface area contributed by atoms with Crippen LogP contribution in [0.3, 0.4) is 0 Å². The van der Waals surface area contributed by atoms with Gasteiger partial charge in [0.15, 0.2) is 23.2 Å². The van der Waals surface area contributed by atoms with E-state index in [1.165, 1.54) is 27.3 Å². The third-order valence-corrected chi connectivity index (χ3v) is 8.43. The summed E-state index contributed by atoms with van der Waals surface area (Å²) >= 11 is 6.49. The fourth-order valence-electron chi connectivity index (χ4n) is 6.04. The first-order valence-corrected chi connectivity index (χ1v) is 13.0. The predicted molar refractivity (Wildman–Crippen MR) is 142 cm³/mol. The third-order valence-electron chi connectivity index (χ3n) is 8.08. The number of rotatable bonds is 3. The summed E-state index contributed by atoms with van der Waals surface area (Å²) in [4.78, 5) is 56.5. The molecule has 218 valence electrons. The zero-order valence-corrected chi connectivity index (χ0v) is 23.2. The number of hydrogen-bond donors (Lipinski definition) is 2. The van der Waals surface area contributed by atoms with Gasteiger partial charge in [0.05, 0.1) is 19.8 Å². The third kappa shape index (κ3) is 3.46.